The van der Waals surface area contributed by atoms with Gasteiger partial charge in [-0.3, -0.25) is 10.3 Å². The number of nitriles is 1. The standard InChI is InChI=1S/C11H9N3/c1-8-6-11(13-7-12)9-4-2-3-5-10(9)14-8/h2-6H,1H3,(H,13,14). The van der Waals surface area contributed by atoms with Crippen LogP contribution in [0.25, 0.3) is 10.9 Å². The summed E-state index contributed by atoms with van der Waals surface area (Å²) in [6, 6.07) is 9.62. The predicted octanol–water partition coefficient (Wildman–Crippen LogP) is 2.44. The third-order valence-electron chi connectivity index (χ3n) is 2.03. The Hall–Kier alpha value is -2.08. The third kappa shape index (κ3) is 1.38. The minimum Gasteiger partial charge on any atom is -0.292 e. The van der Waals surface area contributed by atoms with Crippen molar-refractivity contribution in [2.75, 3.05) is 5.32 Å². The SMILES string of the molecule is Cc1cc(NC#N)c2ccccc2n1. The molecular formula is C11H9N3. The number of benzene rings is 1. The molecule has 1 aromatic heterocycles. The van der Waals surface area contributed by atoms with Gasteiger partial charge >= 0.3 is 0 Å². The first-order chi connectivity index (χ1) is 6.81. The molecule has 0 unspecified atom stereocenters. The van der Waals surface area contributed by atoms with Gasteiger partial charge in [0.25, 0.3) is 0 Å². The summed E-state index contributed by atoms with van der Waals surface area (Å²) in [5.74, 6) is 0. The fourth-order valence-corrected chi connectivity index (χ4v) is 1.47. The van der Waals surface area contributed by atoms with E-state index in [9.17, 15) is 0 Å². The summed E-state index contributed by atoms with van der Waals surface area (Å²) < 4.78 is 0. The van der Waals surface area contributed by atoms with Gasteiger partial charge in [-0.1, -0.05) is 18.2 Å². The molecule has 0 radical (unpaired) electrons. The van der Waals surface area contributed by atoms with Crippen LogP contribution in [0.3, 0.4) is 0 Å². The molecule has 1 aromatic carbocycles. The molecule has 2 aromatic rings. The minimum atomic E-state index is 0.815. The molecule has 0 bridgehead atoms. The predicted molar refractivity (Wildman–Crippen MR) is 55.7 cm³/mol. The van der Waals surface area contributed by atoms with E-state index in [1.807, 2.05) is 43.4 Å². The number of nitrogens with zero attached hydrogens (tertiary/aromatic N) is 2. The summed E-state index contributed by atoms with van der Waals surface area (Å²) in [7, 11) is 0. The highest BCUT2D eigenvalue weighted by Gasteiger charge is 2.01. The molecule has 1 N–H and O–H groups in total. The van der Waals surface area contributed by atoms with Crippen molar-refractivity contribution in [3.05, 3.63) is 36.0 Å². The zero-order chi connectivity index (χ0) is 9.97. The molecule has 0 saturated carbocycles. The lowest BCUT2D eigenvalue weighted by Crippen LogP contribution is -1.92. The molecule has 0 saturated heterocycles. The molecule has 68 valence electrons. The van der Waals surface area contributed by atoms with E-state index in [-0.39, 0.29) is 0 Å². The average molecular weight is 183 g/mol. The number of nitrogens with one attached hydrogen (secondary N) is 1. The highest BCUT2D eigenvalue weighted by molar-refractivity contribution is 5.91. The number of hydrogen-bond acceptors (Lipinski definition) is 3. The Morgan fingerprint density at radius 1 is 1.36 bits per heavy atom. The lowest BCUT2D eigenvalue weighted by Gasteiger charge is -2.04. The fraction of sp³-hybridized carbons (Fsp3) is 0.0909. The monoisotopic (exact) mass is 183 g/mol. The van der Waals surface area contributed by atoms with Gasteiger partial charge in [0.05, 0.1) is 11.2 Å². The molecule has 14 heavy (non-hydrogen) atoms. The van der Waals surface area contributed by atoms with Gasteiger partial charge in [0.15, 0.2) is 6.19 Å². The number of anilines is 1. The molecule has 0 amide bonds. The van der Waals surface area contributed by atoms with E-state index in [1.54, 1.807) is 0 Å². The first kappa shape index (κ1) is 8.52. The molecule has 1 heterocycles. The van der Waals surface area contributed by atoms with E-state index < -0.39 is 0 Å². The zero-order valence-electron chi connectivity index (χ0n) is 7.78. The Kier molecular flexibility index (Phi) is 2.04. The second-order valence-corrected chi connectivity index (χ2v) is 3.07. The maximum atomic E-state index is 8.59. The van der Waals surface area contributed by atoms with E-state index in [4.69, 9.17) is 5.26 Å². The topological polar surface area (TPSA) is 48.7 Å². The summed E-state index contributed by atoms with van der Waals surface area (Å²) in [4.78, 5) is 4.37. The van der Waals surface area contributed by atoms with E-state index in [1.165, 1.54) is 0 Å². The Morgan fingerprint density at radius 3 is 2.93 bits per heavy atom. The molecule has 3 nitrogen and oxygen atoms in total. The summed E-state index contributed by atoms with van der Waals surface area (Å²) in [5.41, 5.74) is 2.63. The quantitative estimate of drug-likeness (QED) is 0.545. The number of pyridine rings is 1. The van der Waals surface area contributed by atoms with Gasteiger partial charge in [-0.15, -0.1) is 0 Å². The van der Waals surface area contributed by atoms with Crippen molar-refractivity contribution in [3.8, 4) is 6.19 Å². The van der Waals surface area contributed by atoms with Crippen LogP contribution in [0.5, 0.6) is 0 Å². The molecule has 0 aliphatic rings. The highest BCUT2D eigenvalue weighted by Crippen LogP contribution is 2.22. The number of hydrogen-bond donors (Lipinski definition) is 1. The van der Waals surface area contributed by atoms with Crippen molar-refractivity contribution >= 4 is 16.6 Å². The van der Waals surface area contributed by atoms with Gasteiger partial charge in [0.2, 0.25) is 0 Å². The first-order valence-corrected chi connectivity index (χ1v) is 4.33. The van der Waals surface area contributed by atoms with Crippen LogP contribution < -0.4 is 5.32 Å². The number of aryl methyl sites for hydroxylation is 1. The Morgan fingerprint density at radius 2 is 2.14 bits per heavy atom. The van der Waals surface area contributed by atoms with Crippen molar-refractivity contribution in [1.29, 1.82) is 5.26 Å². The van der Waals surface area contributed by atoms with Crippen molar-refractivity contribution < 1.29 is 0 Å². The van der Waals surface area contributed by atoms with Crippen LogP contribution in [-0.4, -0.2) is 4.98 Å². The zero-order valence-corrected chi connectivity index (χ0v) is 7.78. The number of fused-ring (bicyclic) bond motifs is 1. The van der Waals surface area contributed by atoms with Crippen LogP contribution in [0.2, 0.25) is 0 Å². The average Bonchev–Trinajstić information content (AvgIpc) is 2.18. The normalized spacial score (nSPS) is 9.71. The Bertz CT molecular complexity index is 511. The Labute approximate surface area is 82.0 Å². The Balaban J connectivity index is 2.74. The van der Waals surface area contributed by atoms with E-state index in [2.05, 4.69) is 10.3 Å². The van der Waals surface area contributed by atoms with Crippen LogP contribution >= 0.6 is 0 Å². The van der Waals surface area contributed by atoms with Crippen molar-refractivity contribution in [1.82, 2.24) is 4.98 Å². The fourth-order valence-electron chi connectivity index (χ4n) is 1.47. The summed E-state index contributed by atoms with van der Waals surface area (Å²) in [6.07, 6.45) is 1.93. The third-order valence-corrected chi connectivity index (χ3v) is 2.03. The minimum absolute atomic E-state index is 0.815. The maximum absolute atomic E-state index is 8.59. The number of aromatic nitrogens is 1. The van der Waals surface area contributed by atoms with Gasteiger partial charge in [-0.05, 0) is 19.1 Å². The summed E-state index contributed by atoms with van der Waals surface area (Å²) >= 11 is 0. The van der Waals surface area contributed by atoms with Gasteiger partial charge in [0.1, 0.15) is 0 Å². The van der Waals surface area contributed by atoms with Crippen LogP contribution in [0.1, 0.15) is 5.69 Å². The first-order valence-electron chi connectivity index (χ1n) is 4.33. The second-order valence-electron chi connectivity index (χ2n) is 3.07. The van der Waals surface area contributed by atoms with Crippen LogP contribution in [0, 0.1) is 18.4 Å². The molecule has 0 atom stereocenters. The summed E-state index contributed by atoms with van der Waals surface area (Å²) in [6.45, 7) is 1.91. The lowest BCUT2D eigenvalue weighted by molar-refractivity contribution is 1.25. The van der Waals surface area contributed by atoms with Gasteiger partial charge < -0.3 is 0 Å². The number of para-hydroxylation sites is 1. The molecule has 0 fully saturated rings. The molecule has 0 aliphatic heterocycles. The van der Waals surface area contributed by atoms with Crippen LogP contribution in [0.4, 0.5) is 5.69 Å². The van der Waals surface area contributed by atoms with E-state index >= 15 is 0 Å². The largest absolute Gasteiger partial charge is 0.292 e. The maximum Gasteiger partial charge on any atom is 0.181 e. The second kappa shape index (κ2) is 3.35. The van der Waals surface area contributed by atoms with Gasteiger partial charge in [-0.25, -0.2) is 0 Å². The van der Waals surface area contributed by atoms with Crippen molar-refractivity contribution in [2.45, 2.75) is 6.92 Å². The smallest absolute Gasteiger partial charge is 0.181 e. The van der Waals surface area contributed by atoms with Gasteiger partial charge in [-0.2, -0.15) is 5.26 Å². The van der Waals surface area contributed by atoms with E-state index in [0.717, 1.165) is 22.3 Å². The lowest BCUT2D eigenvalue weighted by atomic mass is 10.1. The van der Waals surface area contributed by atoms with E-state index in [0.29, 0.717) is 0 Å². The van der Waals surface area contributed by atoms with Crippen molar-refractivity contribution in [2.24, 2.45) is 0 Å². The van der Waals surface area contributed by atoms with Crippen LogP contribution in [-0.2, 0) is 0 Å². The molecule has 0 spiro atoms. The highest BCUT2D eigenvalue weighted by atomic mass is 14.9. The van der Waals surface area contributed by atoms with Gasteiger partial charge in [0, 0.05) is 11.1 Å². The van der Waals surface area contributed by atoms with Crippen molar-refractivity contribution in [3.63, 3.8) is 0 Å². The van der Waals surface area contributed by atoms with Crippen LogP contribution in [0.15, 0.2) is 30.3 Å². The molecule has 3 heteroatoms. The summed E-state index contributed by atoms with van der Waals surface area (Å²) in [5, 5.41) is 12.2. The molecular weight excluding hydrogens is 174 g/mol. The molecule has 0 aliphatic carbocycles. The molecule has 2 rings (SSSR count). The number of rotatable bonds is 1.